The Morgan fingerprint density at radius 3 is 2.64 bits per heavy atom. The second kappa shape index (κ2) is 26.9. The summed E-state index contributed by atoms with van der Waals surface area (Å²) in [4.78, 5) is 34.4. The summed E-state index contributed by atoms with van der Waals surface area (Å²) in [7, 11) is 5.47. The fraction of sp³-hybridized carbons (Fsp3) is 0.566. The molecule has 12 N–H and O–H groups in total. The van der Waals surface area contributed by atoms with Crippen LogP contribution in [0.1, 0.15) is 118 Å². The van der Waals surface area contributed by atoms with Gasteiger partial charge in [0.2, 0.25) is 5.96 Å². The minimum absolute atomic E-state index is 0.0292. The van der Waals surface area contributed by atoms with Gasteiger partial charge in [0.1, 0.15) is 5.78 Å². The number of fused-ring (bicyclic) bond motifs is 9. The average Bonchev–Trinajstić information content (AvgIpc) is 1.49. The van der Waals surface area contributed by atoms with E-state index in [2.05, 4.69) is 117 Å². The van der Waals surface area contributed by atoms with Crippen molar-refractivity contribution in [3.05, 3.63) is 148 Å². The van der Waals surface area contributed by atoms with Crippen LogP contribution in [0.3, 0.4) is 0 Å². The van der Waals surface area contributed by atoms with Gasteiger partial charge in [0.25, 0.3) is 0 Å². The van der Waals surface area contributed by atoms with E-state index in [9.17, 15) is 24.9 Å². The lowest BCUT2D eigenvalue weighted by Gasteiger charge is -2.60. The third kappa shape index (κ3) is 12.2. The number of Topliss-reactive ketones (excluding diaryl/α,β-unsaturated/α-hetero) is 1. The van der Waals surface area contributed by atoms with Crippen molar-refractivity contribution in [1.82, 2.24) is 26.6 Å². The summed E-state index contributed by atoms with van der Waals surface area (Å²) >= 11 is 0. The number of aliphatic hydroxyl groups is 2. The molecule has 7 bridgehead atoms. The number of carbonyl (C=O) groups excluding carboxylic acids is 2. The number of nitrogens with one attached hydrogen (secondary N) is 5. The van der Waals surface area contributed by atoms with Gasteiger partial charge in [-0.05, 0) is 237 Å². The lowest BCUT2D eigenvalue weighted by Crippen LogP contribution is -2.60. The molecule has 0 radical (unpaired) electrons. The van der Waals surface area contributed by atoms with Gasteiger partial charge in [-0.2, -0.15) is 4.99 Å². The predicted molar refractivity (Wildman–Crippen MR) is 369 cm³/mol. The van der Waals surface area contributed by atoms with Crippen molar-refractivity contribution in [3.63, 3.8) is 0 Å². The topological polar surface area (TPSA) is 229 Å². The number of phenols is 1. The van der Waals surface area contributed by atoms with Crippen LogP contribution in [0.2, 0.25) is 0 Å². The molecule has 5 saturated carbocycles. The zero-order valence-corrected chi connectivity index (χ0v) is 55.4. The zero-order chi connectivity index (χ0) is 63.3. The Morgan fingerprint density at radius 1 is 0.946 bits per heavy atom. The molecule has 92 heavy (non-hydrogen) atoms. The molecule has 3 aromatic rings. The van der Waals surface area contributed by atoms with E-state index in [1.165, 1.54) is 48.3 Å². The maximum atomic E-state index is 14.9. The molecule has 13 aliphatic rings. The van der Waals surface area contributed by atoms with E-state index >= 15 is 0 Å². The molecule has 6 fully saturated rings. The normalized spacial score (nSPS) is 37.1. The zero-order valence-electron chi connectivity index (χ0n) is 53.7. The first kappa shape index (κ1) is 63.8. The number of aliphatic imine (C=N–C) groups is 1. The Balaban J connectivity index is 0.919. The van der Waals surface area contributed by atoms with E-state index in [-0.39, 0.29) is 88.0 Å². The first-order valence-corrected chi connectivity index (χ1v) is 37.1. The summed E-state index contributed by atoms with van der Waals surface area (Å²) in [5.41, 5.74) is 22.3. The van der Waals surface area contributed by atoms with Gasteiger partial charge >= 0.3 is 0 Å². The van der Waals surface area contributed by atoms with Crippen molar-refractivity contribution in [3.8, 4) is 23.5 Å². The number of phenolic OH excluding ortho intramolecular Hbond substituents is 1. The van der Waals surface area contributed by atoms with Crippen LogP contribution < -0.4 is 42.8 Å². The molecule has 488 valence electrons. The highest BCUT2D eigenvalue weighted by Gasteiger charge is 2.76. The molecule has 14 nitrogen and oxygen atoms in total. The Labute approximate surface area is 552 Å². The van der Waals surface area contributed by atoms with Crippen LogP contribution in [0.15, 0.2) is 125 Å². The Bertz CT molecular complexity index is 3540. The Morgan fingerprint density at radius 2 is 1.79 bits per heavy atom. The van der Waals surface area contributed by atoms with E-state index in [1.54, 1.807) is 12.1 Å². The van der Waals surface area contributed by atoms with Gasteiger partial charge in [-0.1, -0.05) is 106 Å². The van der Waals surface area contributed by atoms with Gasteiger partial charge in [-0.3, -0.25) is 9.59 Å². The molecule has 8 heterocycles. The number of dihydropyridines is 1. The van der Waals surface area contributed by atoms with E-state index < -0.39 is 18.9 Å². The highest BCUT2D eigenvalue weighted by atomic mass is 33.1. The van der Waals surface area contributed by atoms with Gasteiger partial charge in [0, 0.05) is 72.1 Å². The number of ether oxygens (including phenoxy) is 1. The summed E-state index contributed by atoms with van der Waals surface area (Å²) in [6, 6.07) is 26.6. The van der Waals surface area contributed by atoms with Crippen LogP contribution >= 0.6 is 21.6 Å². The second-order valence-corrected chi connectivity index (χ2v) is 32.1. The maximum Gasteiger partial charge on any atom is 0.202 e. The van der Waals surface area contributed by atoms with Crippen molar-refractivity contribution >= 4 is 44.7 Å². The van der Waals surface area contributed by atoms with Crippen LogP contribution in [0.25, 0.3) is 5.57 Å². The Kier molecular flexibility index (Phi) is 18.6. The second-order valence-electron chi connectivity index (χ2n) is 29.6. The number of nitrogens with two attached hydrogens (primary N) is 2. The SMILES string of the molecule is COc1cc2c(cc1O)CC1=CNC(N)C=C1C(Cc1cccc(CCc3ccccc3)c1)C1C#CN=C(N)NC3CC4=CC(C(C)O)NC5CC6(CC7C8CCNCC8CC8C=CCNC87)CC(CCC6C56CCC(C3)C46CSSC1)CC(=O)CC(=O)C=C2CO. The molecule has 0 amide bonds. The van der Waals surface area contributed by atoms with Gasteiger partial charge in [-0.25, -0.2) is 0 Å². The molecule has 18 atom stereocenters. The number of ketones is 2. The molecule has 3 aromatic carbocycles. The summed E-state index contributed by atoms with van der Waals surface area (Å²) in [6.45, 7) is 4.48. The van der Waals surface area contributed by atoms with Gasteiger partial charge in [-0.15, -0.1) is 0 Å². The minimum Gasteiger partial charge on any atom is -0.504 e. The minimum atomic E-state index is -0.624. The predicted octanol–water partition coefficient (Wildman–Crippen LogP) is 9.25. The average molecular weight is 1280 g/mol. The maximum absolute atomic E-state index is 14.9. The van der Waals surface area contributed by atoms with Gasteiger partial charge < -0.3 is 58.1 Å². The molecular formula is C76H96N8O6S2. The standard InChI is InChI=1S/C76H96N8O6S2/c1-45(86)66-33-57-32-58-31-56-17-20-75-69-16-15-49(37-74(69,39-70(75)84-66)38-65-61-19-22-79-40-53(61)27-50-12-7-21-80-72(50)65)25-59(87)34-60(88)29-55(42-85)62-35-68(90-2)67(89)30-52(62)28-54-41-82-71(77)36-64(54)63(51(18-23-81-73(78)83-58)43-91-92-44-76(56,57)75)26-48-11-6-10-47(24-48)14-13-46-8-4-3-5-9-46/h3-12,24,29-30,33,35-36,41,45,49-51,53,56,58,61,63,65-66,69-72,79-80,82,84-86,89H,13-17,19-22,25-28,31-32,34,37-40,42-44,77H2,1-2H3,(H3,78,81,83). The molecular weight excluding hydrogens is 1190 g/mol. The molecule has 8 aliphatic heterocycles. The van der Waals surface area contributed by atoms with Crippen LogP contribution in [0, 0.1) is 81.5 Å². The number of aryl methyl sites for hydroxylation is 2. The number of hydrogen-bond donors (Lipinski definition) is 10. The lowest BCUT2D eigenvalue weighted by molar-refractivity contribution is -0.126. The summed E-state index contributed by atoms with van der Waals surface area (Å²) in [6.07, 6.45) is 25.9. The fourth-order valence-electron chi connectivity index (χ4n) is 21.2. The number of aromatic hydroxyl groups is 1. The number of rotatable bonds is 10. The van der Waals surface area contributed by atoms with E-state index in [0.717, 1.165) is 107 Å². The van der Waals surface area contributed by atoms with E-state index in [1.807, 2.05) is 34.7 Å². The monoisotopic (exact) mass is 1280 g/mol. The number of hydrogen-bond acceptors (Lipinski definition) is 16. The van der Waals surface area contributed by atoms with Crippen LogP contribution in [-0.2, 0) is 35.3 Å². The van der Waals surface area contributed by atoms with Crippen LogP contribution in [0.5, 0.6) is 11.5 Å². The van der Waals surface area contributed by atoms with Gasteiger partial charge in [0.15, 0.2) is 17.3 Å². The molecule has 16 heteroatoms. The number of piperidine rings is 1. The van der Waals surface area contributed by atoms with Crippen molar-refractivity contribution in [2.75, 3.05) is 44.9 Å². The number of benzene rings is 3. The fourth-order valence-corrected chi connectivity index (χ4v) is 24.2. The molecule has 2 spiro atoms. The molecule has 16 rings (SSSR count). The van der Waals surface area contributed by atoms with Crippen molar-refractivity contribution in [2.45, 2.75) is 153 Å². The third-order valence-electron chi connectivity index (χ3n) is 24.7. The van der Waals surface area contributed by atoms with E-state index in [0.29, 0.717) is 82.8 Å². The largest absolute Gasteiger partial charge is 0.504 e. The first-order valence-electron chi connectivity index (χ1n) is 34.6. The first-order chi connectivity index (χ1) is 44.7. The van der Waals surface area contributed by atoms with Crippen LogP contribution in [-0.4, -0.2) is 114 Å². The van der Waals surface area contributed by atoms with Crippen molar-refractivity contribution in [2.24, 2.45) is 86.0 Å². The summed E-state index contributed by atoms with van der Waals surface area (Å²) in [5, 5.41) is 54.6. The number of guanidine groups is 1. The molecule has 0 aromatic heterocycles. The quantitative estimate of drug-likeness (QED) is 0.0395. The summed E-state index contributed by atoms with van der Waals surface area (Å²) < 4.78 is 5.72. The number of aliphatic hydroxyl groups excluding tert-OH is 2. The number of nitrogens with zero attached hydrogens (tertiary/aromatic N) is 1. The number of allylic oxidation sites excluding steroid dienone is 3. The smallest absolute Gasteiger partial charge is 0.202 e. The molecule has 1 saturated heterocycles. The van der Waals surface area contributed by atoms with Crippen molar-refractivity contribution in [1.29, 1.82) is 0 Å². The highest BCUT2D eigenvalue weighted by molar-refractivity contribution is 8.76. The Hall–Kier alpha value is -5.61. The van der Waals surface area contributed by atoms with E-state index in [4.69, 9.17) is 21.2 Å². The van der Waals surface area contributed by atoms with Crippen LogP contribution in [0.4, 0.5) is 0 Å². The van der Waals surface area contributed by atoms with Crippen molar-refractivity contribution < 1.29 is 29.6 Å². The summed E-state index contributed by atoms with van der Waals surface area (Å²) in [5.74, 6) is 7.89. The van der Waals surface area contributed by atoms with Gasteiger partial charge in [0.05, 0.1) is 38.4 Å². The lowest BCUT2D eigenvalue weighted by atomic mass is 9.46. The molecule has 5 aliphatic carbocycles. The third-order valence-corrected chi connectivity index (χ3v) is 27.2. The molecule has 18 unspecified atom stereocenters. The number of methoxy groups -OCH3 is 1. The highest BCUT2D eigenvalue weighted by Crippen LogP contribution is 2.79. The number of carbonyl (C=O) groups is 2.